The minimum absolute atomic E-state index is 0.151. The Morgan fingerprint density at radius 3 is 2.24 bits per heavy atom. The van der Waals surface area contributed by atoms with Crippen molar-refractivity contribution in [2.24, 2.45) is 5.73 Å². The van der Waals surface area contributed by atoms with Crippen LogP contribution in [0.15, 0.2) is 72.8 Å². The highest BCUT2D eigenvalue weighted by Crippen LogP contribution is 2.53. The van der Waals surface area contributed by atoms with Crippen LogP contribution < -0.4 is 10.5 Å². The number of aliphatic hydroxyl groups is 1. The Labute approximate surface area is 151 Å². The van der Waals surface area contributed by atoms with Crippen LogP contribution in [0.4, 0.5) is 0 Å². The van der Waals surface area contributed by atoms with Gasteiger partial charge in [-0.1, -0.05) is 72.3 Å². The molecule has 3 aromatic carbocycles. The molecule has 0 fully saturated rings. The third kappa shape index (κ3) is 2.44. The fourth-order valence-corrected chi connectivity index (χ4v) is 3.80. The van der Waals surface area contributed by atoms with E-state index in [1.165, 1.54) is 0 Å². The van der Waals surface area contributed by atoms with Gasteiger partial charge < -0.3 is 15.6 Å². The van der Waals surface area contributed by atoms with Crippen LogP contribution in [0, 0.1) is 0 Å². The predicted octanol–water partition coefficient (Wildman–Crippen LogP) is 4.29. The van der Waals surface area contributed by atoms with Gasteiger partial charge in [-0.2, -0.15) is 0 Å². The highest BCUT2D eigenvalue weighted by Gasteiger charge is 2.49. The zero-order valence-electron chi connectivity index (χ0n) is 13.5. The first-order valence-electron chi connectivity index (χ1n) is 8.18. The summed E-state index contributed by atoms with van der Waals surface area (Å²) in [6, 6.07) is 23.0. The third-order valence-electron chi connectivity index (χ3n) is 4.79. The van der Waals surface area contributed by atoms with Gasteiger partial charge in [-0.15, -0.1) is 0 Å². The van der Waals surface area contributed by atoms with Gasteiger partial charge in [0, 0.05) is 22.7 Å². The Morgan fingerprint density at radius 1 is 0.960 bits per heavy atom. The molecule has 0 bridgehead atoms. The average Bonchev–Trinajstić information content (AvgIpc) is 2.96. The van der Waals surface area contributed by atoms with Crippen LogP contribution in [-0.4, -0.2) is 11.7 Å². The van der Waals surface area contributed by atoms with Gasteiger partial charge in [-0.25, -0.2) is 0 Å². The lowest BCUT2D eigenvalue weighted by molar-refractivity contribution is -0.0256. The van der Waals surface area contributed by atoms with Crippen molar-refractivity contribution >= 4 is 11.6 Å². The smallest absolute Gasteiger partial charge is 0.176 e. The molecule has 0 spiro atoms. The lowest BCUT2D eigenvalue weighted by atomic mass is 9.84. The SMILES string of the molecule is NC[C@@]1(c2ccccc2)Oc2ccc(Cl)c(-c3ccccc3)c2[C@H]1O. The fraction of sp³-hybridized carbons (Fsp3) is 0.143. The maximum absolute atomic E-state index is 11.2. The molecule has 0 saturated carbocycles. The van der Waals surface area contributed by atoms with E-state index in [1.807, 2.05) is 60.7 Å². The molecule has 4 heteroatoms. The minimum atomic E-state index is -1.02. The van der Waals surface area contributed by atoms with Gasteiger partial charge in [0.05, 0.1) is 0 Å². The first kappa shape index (κ1) is 16.2. The number of halogens is 1. The molecule has 0 aliphatic carbocycles. The molecule has 3 nitrogen and oxygen atoms in total. The second-order valence-electron chi connectivity index (χ2n) is 6.16. The monoisotopic (exact) mass is 351 g/mol. The van der Waals surface area contributed by atoms with E-state index in [0.717, 1.165) is 16.7 Å². The quantitative estimate of drug-likeness (QED) is 0.740. The third-order valence-corrected chi connectivity index (χ3v) is 5.10. The maximum Gasteiger partial charge on any atom is 0.176 e. The first-order chi connectivity index (χ1) is 12.2. The number of fused-ring (bicyclic) bond motifs is 1. The van der Waals surface area contributed by atoms with Crippen molar-refractivity contribution in [3.63, 3.8) is 0 Å². The molecule has 1 aliphatic rings. The van der Waals surface area contributed by atoms with E-state index < -0.39 is 11.7 Å². The van der Waals surface area contributed by atoms with E-state index in [4.69, 9.17) is 22.1 Å². The molecule has 0 saturated heterocycles. The number of hydrogen-bond donors (Lipinski definition) is 2. The molecule has 0 aromatic heterocycles. The van der Waals surface area contributed by atoms with Gasteiger partial charge in [0.15, 0.2) is 5.60 Å². The number of nitrogens with two attached hydrogens (primary N) is 1. The Kier molecular flexibility index (Phi) is 4.00. The standard InChI is InChI=1S/C21H18ClNO2/c22-16-11-12-17-19(18(16)14-7-3-1-4-8-14)20(24)21(13-23,25-17)15-9-5-2-6-10-15/h1-12,20,24H,13,23H2/t20-,21+/m1/s1. The summed E-state index contributed by atoms with van der Waals surface area (Å²) in [4.78, 5) is 0. The van der Waals surface area contributed by atoms with E-state index in [1.54, 1.807) is 12.1 Å². The van der Waals surface area contributed by atoms with Gasteiger partial charge >= 0.3 is 0 Å². The zero-order valence-corrected chi connectivity index (χ0v) is 14.3. The number of ether oxygens (including phenoxy) is 1. The van der Waals surface area contributed by atoms with Crippen LogP contribution in [0.1, 0.15) is 17.2 Å². The molecule has 0 amide bonds. The molecule has 4 rings (SSSR count). The Bertz CT molecular complexity index is 899. The molecule has 126 valence electrons. The summed E-state index contributed by atoms with van der Waals surface area (Å²) >= 11 is 6.49. The Hall–Kier alpha value is -2.33. The molecule has 3 N–H and O–H groups in total. The second-order valence-corrected chi connectivity index (χ2v) is 6.57. The molecule has 1 heterocycles. The minimum Gasteiger partial charge on any atom is -0.478 e. The van der Waals surface area contributed by atoms with Crippen molar-refractivity contribution < 1.29 is 9.84 Å². The topological polar surface area (TPSA) is 55.5 Å². The van der Waals surface area contributed by atoms with Crippen molar-refractivity contribution in [1.29, 1.82) is 0 Å². The summed E-state index contributed by atoms with van der Waals surface area (Å²) in [5.41, 5.74) is 8.32. The van der Waals surface area contributed by atoms with Crippen LogP contribution in [0.2, 0.25) is 5.02 Å². The van der Waals surface area contributed by atoms with E-state index in [9.17, 15) is 5.11 Å². The molecule has 2 atom stereocenters. The number of rotatable bonds is 3. The van der Waals surface area contributed by atoms with Crippen LogP contribution in [0.3, 0.4) is 0 Å². The predicted molar refractivity (Wildman–Crippen MR) is 99.7 cm³/mol. The summed E-state index contributed by atoms with van der Waals surface area (Å²) in [7, 11) is 0. The van der Waals surface area contributed by atoms with Gasteiger partial charge in [0.1, 0.15) is 11.9 Å². The summed E-state index contributed by atoms with van der Waals surface area (Å²) in [6.45, 7) is 0.151. The maximum atomic E-state index is 11.2. The van der Waals surface area contributed by atoms with E-state index in [2.05, 4.69) is 0 Å². The van der Waals surface area contributed by atoms with E-state index >= 15 is 0 Å². The van der Waals surface area contributed by atoms with Crippen molar-refractivity contribution in [2.45, 2.75) is 11.7 Å². The molecule has 0 unspecified atom stereocenters. The number of benzene rings is 3. The summed E-state index contributed by atoms with van der Waals surface area (Å²) in [5.74, 6) is 0.616. The van der Waals surface area contributed by atoms with Crippen molar-refractivity contribution in [3.05, 3.63) is 88.9 Å². The largest absolute Gasteiger partial charge is 0.478 e. The van der Waals surface area contributed by atoms with Crippen molar-refractivity contribution in [3.8, 4) is 16.9 Å². The Balaban J connectivity index is 1.92. The second kappa shape index (κ2) is 6.19. The Morgan fingerprint density at radius 2 is 1.60 bits per heavy atom. The number of hydrogen-bond acceptors (Lipinski definition) is 3. The van der Waals surface area contributed by atoms with Crippen molar-refractivity contribution in [1.82, 2.24) is 0 Å². The lowest BCUT2D eigenvalue weighted by Crippen LogP contribution is -2.42. The van der Waals surface area contributed by atoms with Gasteiger partial charge in [0.2, 0.25) is 0 Å². The average molecular weight is 352 g/mol. The highest BCUT2D eigenvalue weighted by atomic mass is 35.5. The summed E-state index contributed by atoms with van der Waals surface area (Å²) < 4.78 is 6.23. The van der Waals surface area contributed by atoms with Gasteiger partial charge in [-0.3, -0.25) is 0 Å². The van der Waals surface area contributed by atoms with Gasteiger partial charge in [-0.05, 0) is 23.3 Å². The molecule has 25 heavy (non-hydrogen) atoms. The van der Waals surface area contributed by atoms with Crippen molar-refractivity contribution in [2.75, 3.05) is 6.54 Å². The summed E-state index contributed by atoms with van der Waals surface area (Å²) in [6.07, 6.45) is -0.913. The highest BCUT2D eigenvalue weighted by molar-refractivity contribution is 6.33. The zero-order chi connectivity index (χ0) is 17.4. The molecule has 0 radical (unpaired) electrons. The number of aliphatic hydroxyl groups excluding tert-OH is 1. The fourth-order valence-electron chi connectivity index (χ4n) is 3.53. The van der Waals surface area contributed by atoms with Crippen LogP contribution >= 0.6 is 11.6 Å². The van der Waals surface area contributed by atoms with E-state index in [0.29, 0.717) is 16.3 Å². The molecule has 1 aliphatic heterocycles. The van der Waals surface area contributed by atoms with Crippen LogP contribution in [0.5, 0.6) is 5.75 Å². The summed E-state index contributed by atoms with van der Waals surface area (Å²) in [5, 5.41) is 11.8. The molecule has 3 aromatic rings. The lowest BCUT2D eigenvalue weighted by Gasteiger charge is -2.31. The molecular formula is C21H18ClNO2. The molecular weight excluding hydrogens is 334 g/mol. The van der Waals surface area contributed by atoms with Gasteiger partial charge in [0.25, 0.3) is 0 Å². The normalized spacial score (nSPS) is 21.6. The van der Waals surface area contributed by atoms with Crippen LogP contribution in [-0.2, 0) is 5.60 Å². The first-order valence-corrected chi connectivity index (χ1v) is 8.55. The van der Waals surface area contributed by atoms with E-state index in [-0.39, 0.29) is 6.54 Å². The van der Waals surface area contributed by atoms with Crippen LogP contribution in [0.25, 0.3) is 11.1 Å².